The van der Waals surface area contributed by atoms with E-state index in [0.29, 0.717) is 6.54 Å². The van der Waals surface area contributed by atoms with E-state index in [1.807, 2.05) is 13.0 Å². The molecule has 0 saturated heterocycles. The molecule has 5 heteroatoms. The highest BCUT2D eigenvalue weighted by molar-refractivity contribution is 7.18. The van der Waals surface area contributed by atoms with Crippen LogP contribution in [0.15, 0.2) is 42.5 Å². The first-order valence-corrected chi connectivity index (χ1v) is 7.67. The highest BCUT2D eigenvalue weighted by atomic mass is 32.1. The van der Waals surface area contributed by atoms with Gasteiger partial charge in [0, 0.05) is 13.5 Å². The van der Waals surface area contributed by atoms with Crippen LogP contribution in [-0.2, 0) is 11.3 Å². The van der Waals surface area contributed by atoms with Crippen molar-refractivity contribution in [2.45, 2.75) is 20.4 Å². The molecule has 0 atom stereocenters. The highest BCUT2D eigenvalue weighted by Crippen LogP contribution is 2.27. The van der Waals surface area contributed by atoms with Gasteiger partial charge in [-0.05, 0) is 41.8 Å². The molecule has 0 spiro atoms. The van der Waals surface area contributed by atoms with E-state index in [0.717, 1.165) is 23.0 Å². The number of hydrogen-bond donors (Lipinski definition) is 2. The zero-order valence-corrected chi connectivity index (χ0v) is 13.4. The first-order valence-electron chi connectivity index (χ1n) is 6.85. The van der Waals surface area contributed by atoms with Crippen LogP contribution in [0.3, 0.4) is 0 Å². The zero-order chi connectivity index (χ0) is 16.1. The first kappa shape index (κ1) is 16.1. The fraction of sp³-hybridized carbons (Fsp3) is 0.176. The topological polar surface area (TPSA) is 76.2 Å². The third kappa shape index (κ3) is 4.13. The number of aryl methyl sites for hydroxylation is 1. The maximum absolute atomic E-state index is 9.00. The van der Waals surface area contributed by atoms with Gasteiger partial charge in [-0.15, -0.1) is 11.3 Å². The molecular weight excluding hydrogens is 296 g/mol. The molecule has 0 amide bonds. The van der Waals surface area contributed by atoms with Crippen molar-refractivity contribution in [3.8, 4) is 11.1 Å². The van der Waals surface area contributed by atoms with Gasteiger partial charge < -0.3 is 10.8 Å². The SMILES string of the molecule is CC(=O)O.Cc1nc2cc(-c3cccc(CN)c3)ccc2s1. The number of thiazole rings is 1. The molecular formula is C17H18N2O2S. The predicted octanol–water partition coefficient (Wildman–Crippen LogP) is 3.82. The van der Waals surface area contributed by atoms with Crippen LogP contribution in [0, 0.1) is 6.92 Å². The molecule has 1 aromatic heterocycles. The molecule has 1 heterocycles. The van der Waals surface area contributed by atoms with E-state index in [-0.39, 0.29) is 0 Å². The quantitative estimate of drug-likeness (QED) is 0.754. The summed E-state index contributed by atoms with van der Waals surface area (Å²) >= 11 is 1.73. The second kappa shape index (κ2) is 7.15. The minimum Gasteiger partial charge on any atom is -0.481 e. The van der Waals surface area contributed by atoms with Crippen molar-refractivity contribution < 1.29 is 9.90 Å². The normalized spacial score (nSPS) is 10.1. The third-order valence-electron chi connectivity index (χ3n) is 2.99. The number of rotatable bonds is 2. The Morgan fingerprint density at radius 2 is 1.91 bits per heavy atom. The smallest absolute Gasteiger partial charge is 0.300 e. The first-order chi connectivity index (χ1) is 10.5. The van der Waals surface area contributed by atoms with Gasteiger partial charge in [-0.3, -0.25) is 4.79 Å². The summed E-state index contributed by atoms with van der Waals surface area (Å²) < 4.78 is 1.24. The summed E-state index contributed by atoms with van der Waals surface area (Å²) in [6, 6.07) is 14.8. The molecule has 3 rings (SSSR count). The molecule has 2 aromatic carbocycles. The highest BCUT2D eigenvalue weighted by Gasteiger charge is 2.04. The molecule has 0 bridgehead atoms. The fourth-order valence-electron chi connectivity index (χ4n) is 2.10. The standard InChI is InChI=1S/C15H14N2S.C2H4O2/c1-10-17-14-8-13(5-6-15(14)18-10)12-4-2-3-11(7-12)9-16;1-2(3)4/h2-8H,9,16H2,1H3;1H3,(H,3,4). The van der Waals surface area contributed by atoms with Crippen molar-refractivity contribution in [1.29, 1.82) is 0 Å². The van der Waals surface area contributed by atoms with Crippen LogP contribution >= 0.6 is 11.3 Å². The summed E-state index contributed by atoms with van der Waals surface area (Å²) in [5.74, 6) is -0.833. The lowest BCUT2D eigenvalue weighted by Gasteiger charge is -2.04. The Morgan fingerprint density at radius 3 is 2.59 bits per heavy atom. The van der Waals surface area contributed by atoms with Gasteiger partial charge in [0.1, 0.15) is 0 Å². The number of fused-ring (bicyclic) bond motifs is 1. The summed E-state index contributed by atoms with van der Waals surface area (Å²) in [5.41, 5.74) is 10.3. The second-order valence-electron chi connectivity index (χ2n) is 4.84. The maximum Gasteiger partial charge on any atom is 0.300 e. The molecule has 0 aliphatic rings. The molecule has 0 aliphatic carbocycles. The largest absolute Gasteiger partial charge is 0.481 e. The van der Waals surface area contributed by atoms with Gasteiger partial charge in [0.2, 0.25) is 0 Å². The fourth-order valence-corrected chi connectivity index (χ4v) is 2.91. The van der Waals surface area contributed by atoms with E-state index in [2.05, 4.69) is 41.4 Å². The van der Waals surface area contributed by atoms with Crippen LogP contribution in [0.2, 0.25) is 0 Å². The van der Waals surface area contributed by atoms with Crippen molar-refractivity contribution in [2.75, 3.05) is 0 Å². The van der Waals surface area contributed by atoms with Crippen molar-refractivity contribution in [2.24, 2.45) is 5.73 Å². The Labute approximate surface area is 133 Å². The Morgan fingerprint density at radius 1 is 1.23 bits per heavy atom. The average molecular weight is 314 g/mol. The van der Waals surface area contributed by atoms with Crippen molar-refractivity contribution in [3.63, 3.8) is 0 Å². The van der Waals surface area contributed by atoms with Gasteiger partial charge in [-0.25, -0.2) is 4.98 Å². The van der Waals surface area contributed by atoms with Gasteiger partial charge in [-0.2, -0.15) is 0 Å². The molecule has 0 saturated carbocycles. The molecule has 0 fully saturated rings. The monoisotopic (exact) mass is 314 g/mol. The van der Waals surface area contributed by atoms with E-state index in [9.17, 15) is 0 Å². The number of hydrogen-bond acceptors (Lipinski definition) is 4. The summed E-state index contributed by atoms with van der Waals surface area (Å²) in [6.45, 7) is 3.70. The molecule has 22 heavy (non-hydrogen) atoms. The summed E-state index contributed by atoms with van der Waals surface area (Å²) in [5, 5.41) is 8.53. The van der Waals surface area contributed by atoms with Crippen LogP contribution in [0.4, 0.5) is 0 Å². The van der Waals surface area contributed by atoms with E-state index in [1.54, 1.807) is 11.3 Å². The maximum atomic E-state index is 9.00. The molecule has 3 N–H and O–H groups in total. The molecule has 0 unspecified atom stereocenters. The van der Waals surface area contributed by atoms with Crippen LogP contribution < -0.4 is 5.73 Å². The summed E-state index contributed by atoms with van der Waals surface area (Å²) in [4.78, 5) is 13.5. The van der Waals surface area contributed by atoms with Crippen LogP contribution in [0.25, 0.3) is 21.3 Å². The number of carbonyl (C=O) groups is 1. The van der Waals surface area contributed by atoms with E-state index < -0.39 is 5.97 Å². The number of nitrogens with zero attached hydrogens (tertiary/aromatic N) is 1. The lowest BCUT2D eigenvalue weighted by Crippen LogP contribution is -1.95. The van der Waals surface area contributed by atoms with Crippen LogP contribution in [0.5, 0.6) is 0 Å². The van der Waals surface area contributed by atoms with Gasteiger partial charge in [0.25, 0.3) is 5.97 Å². The lowest BCUT2D eigenvalue weighted by molar-refractivity contribution is -0.134. The molecule has 0 aliphatic heterocycles. The lowest BCUT2D eigenvalue weighted by atomic mass is 10.0. The van der Waals surface area contributed by atoms with Crippen molar-refractivity contribution in [1.82, 2.24) is 4.98 Å². The Kier molecular flexibility index (Phi) is 5.25. The number of carboxylic acids is 1. The number of benzene rings is 2. The molecule has 0 radical (unpaired) electrons. The minimum absolute atomic E-state index is 0.575. The molecule has 3 aromatic rings. The van der Waals surface area contributed by atoms with Gasteiger partial charge in [-0.1, -0.05) is 24.3 Å². The average Bonchev–Trinajstić information content (AvgIpc) is 2.85. The molecule has 4 nitrogen and oxygen atoms in total. The van der Waals surface area contributed by atoms with Crippen LogP contribution in [0.1, 0.15) is 17.5 Å². The zero-order valence-electron chi connectivity index (χ0n) is 12.5. The summed E-state index contributed by atoms with van der Waals surface area (Å²) in [6.07, 6.45) is 0. The van der Waals surface area contributed by atoms with Crippen LogP contribution in [-0.4, -0.2) is 16.1 Å². The minimum atomic E-state index is -0.833. The Hall–Kier alpha value is -2.24. The Bertz CT molecular complexity index is 792. The molecule has 114 valence electrons. The van der Waals surface area contributed by atoms with Gasteiger partial charge >= 0.3 is 0 Å². The number of aromatic nitrogens is 1. The number of carboxylic acid groups (broad SMARTS) is 1. The van der Waals surface area contributed by atoms with Crippen molar-refractivity contribution in [3.05, 3.63) is 53.0 Å². The van der Waals surface area contributed by atoms with Crippen molar-refractivity contribution >= 4 is 27.5 Å². The van der Waals surface area contributed by atoms with E-state index in [1.165, 1.54) is 15.8 Å². The van der Waals surface area contributed by atoms with E-state index in [4.69, 9.17) is 15.6 Å². The van der Waals surface area contributed by atoms with Gasteiger partial charge in [0.05, 0.1) is 15.2 Å². The predicted molar refractivity (Wildman–Crippen MR) is 91.0 cm³/mol. The number of aliphatic carboxylic acids is 1. The van der Waals surface area contributed by atoms with Gasteiger partial charge in [0.15, 0.2) is 0 Å². The number of nitrogens with two attached hydrogens (primary N) is 1. The van der Waals surface area contributed by atoms with E-state index >= 15 is 0 Å². The second-order valence-corrected chi connectivity index (χ2v) is 6.07. The summed E-state index contributed by atoms with van der Waals surface area (Å²) in [7, 11) is 0. The Balaban J connectivity index is 0.000000396. The third-order valence-corrected chi connectivity index (χ3v) is 3.94.